The minimum Gasteiger partial charge on any atom is -0.486 e. The number of rotatable bonds is 3. The molecule has 2 saturated carbocycles. The predicted octanol–water partition coefficient (Wildman–Crippen LogP) is 3.31. The molecule has 0 saturated heterocycles. The zero-order chi connectivity index (χ0) is 12.7. The summed E-state index contributed by atoms with van der Waals surface area (Å²) in [4.78, 5) is 0. The highest BCUT2D eigenvalue weighted by molar-refractivity contribution is 5.55. The van der Waals surface area contributed by atoms with E-state index in [9.17, 15) is 0 Å². The van der Waals surface area contributed by atoms with Gasteiger partial charge in [0, 0.05) is 18.3 Å². The quantitative estimate of drug-likeness (QED) is 0.903. The summed E-state index contributed by atoms with van der Waals surface area (Å²) >= 11 is 0. The Morgan fingerprint density at radius 2 is 1.95 bits per heavy atom. The molecular formula is C16H21NO2. The molecule has 1 heterocycles. The lowest BCUT2D eigenvalue weighted by Gasteiger charge is -2.23. The number of nitrogens with one attached hydrogen (secondary N) is 1. The van der Waals surface area contributed by atoms with Crippen molar-refractivity contribution in [3.63, 3.8) is 0 Å². The van der Waals surface area contributed by atoms with Gasteiger partial charge in [-0.2, -0.15) is 0 Å². The minimum absolute atomic E-state index is 0.656. The van der Waals surface area contributed by atoms with Crippen molar-refractivity contribution < 1.29 is 9.47 Å². The molecular weight excluding hydrogens is 238 g/mol. The monoisotopic (exact) mass is 259 g/mol. The molecule has 0 aromatic heterocycles. The Bertz CT molecular complexity index is 474. The summed E-state index contributed by atoms with van der Waals surface area (Å²) in [5.74, 6) is 4.64. The Kier molecular flexibility index (Phi) is 2.78. The second kappa shape index (κ2) is 4.62. The molecule has 1 N–H and O–H groups in total. The van der Waals surface area contributed by atoms with Gasteiger partial charge >= 0.3 is 0 Å². The maximum Gasteiger partial charge on any atom is 0.163 e. The molecule has 0 spiro atoms. The van der Waals surface area contributed by atoms with Gasteiger partial charge in [0.05, 0.1) is 0 Å². The Labute approximate surface area is 114 Å². The Morgan fingerprint density at radius 1 is 1.05 bits per heavy atom. The highest BCUT2D eigenvalue weighted by atomic mass is 16.6. The molecule has 0 amide bonds. The Hall–Kier alpha value is -1.38. The molecule has 102 valence electrons. The summed E-state index contributed by atoms with van der Waals surface area (Å²) in [6.45, 7) is 2.43. The zero-order valence-electron chi connectivity index (χ0n) is 11.2. The minimum atomic E-state index is 0.656. The topological polar surface area (TPSA) is 30.5 Å². The number of fused-ring (bicyclic) bond motifs is 3. The van der Waals surface area contributed by atoms with Gasteiger partial charge in [-0.3, -0.25) is 0 Å². The fourth-order valence-corrected chi connectivity index (χ4v) is 4.03. The number of anilines is 1. The molecule has 3 nitrogen and oxygen atoms in total. The van der Waals surface area contributed by atoms with Crippen molar-refractivity contribution in [3.8, 4) is 11.5 Å². The summed E-state index contributed by atoms with van der Waals surface area (Å²) < 4.78 is 11.2. The third-order valence-electron chi connectivity index (χ3n) is 5.00. The SMILES string of the molecule is c1cc2c(cc1NCC1CC3CCC1C3)OCCO2. The van der Waals surface area contributed by atoms with Crippen LogP contribution in [0.15, 0.2) is 18.2 Å². The van der Waals surface area contributed by atoms with E-state index in [1.165, 1.54) is 25.7 Å². The maximum atomic E-state index is 5.62. The van der Waals surface area contributed by atoms with Crippen LogP contribution in [0, 0.1) is 17.8 Å². The lowest BCUT2D eigenvalue weighted by molar-refractivity contribution is 0.171. The van der Waals surface area contributed by atoms with Crippen molar-refractivity contribution in [2.45, 2.75) is 25.7 Å². The van der Waals surface area contributed by atoms with Gasteiger partial charge in [0.2, 0.25) is 0 Å². The molecule has 1 aromatic rings. The first-order valence-electron chi connectivity index (χ1n) is 7.52. The first-order chi connectivity index (χ1) is 9.38. The summed E-state index contributed by atoms with van der Waals surface area (Å²) in [7, 11) is 0. The standard InChI is InChI=1S/C16H21NO2/c1-2-12-7-11(1)8-13(12)10-17-14-3-4-15-16(9-14)19-6-5-18-15/h3-4,9,11-13,17H,1-2,5-8,10H2. The van der Waals surface area contributed by atoms with Gasteiger partial charge in [-0.15, -0.1) is 0 Å². The van der Waals surface area contributed by atoms with Crippen LogP contribution in [0.25, 0.3) is 0 Å². The molecule has 2 bridgehead atoms. The van der Waals surface area contributed by atoms with Crippen LogP contribution in [0.1, 0.15) is 25.7 Å². The van der Waals surface area contributed by atoms with E-state index in [4.69, 9.17) is 9.47 Å². The van der Waals surface area contributed by atoms with Gasteiger partial charge in [-0.05, 0) is 49.1 Å². The van der Waals surface area contributed by atoms with Crippen LogP contribution in [-0.4, -0.2) is 19.8 Å². The van der Waals surface area contributed by atoms with Gasteiger partial charge in [0.15, 0.2) is 11.5 Å². The normalized spacial score (nSPS) is 31.5. The molecule has 3 aliphatic rings. The fourth-order valence-electron chi connectivity index (χ4n) is 4.03. The van der Waals surface area contributed by atoms with Crippen molar-refractivity contribution in [1.82, 2.24) is 0 Å². The van der Waals surface area contributed by atoms with E-state index in [0.29, 0.717) is 13.2 Å². The van der Waals surface area contributed by atoms with Crippen molar-refractivity contribution in [2.24, 2.45) is 17.8 Å². The lowest BCUT2D eigenvalue weighted by Crippen LogP contribution is -2.20. The Balaban J connectivity index is 1.40. The second-order valence-electron chi connectivity index (χ2n) is 6.17. The van der Waals surface area contributed by atoms with E-state index in [-0.39, 0.29) is 0 Å². The highest BCUT2D eigenvalue weighted by Crippen LogP contribution is 2.48. The van der Waals surface area contributed by atoms with E-state index >= 15 is 0 Å². The van der Waals surface area contributed by atoms with Crippen molar-refractivity contribution in [1.29, 1.82) is 0 Å². The van der Waals surface area contributed by atoms with Crippen molar-refractivity contribution in [2.75, 3.05) is 25.1 Å². The third-order valence-corrected chi connectivity index (χ3v) is 5.00. The molecule has 19 heavy (non-hydrogen) atoms. The largest absolute Gasteiger partial charge is 0.486 e. The van der Waals surface area contributed by atoms with Crippen molar-refractivity contribution >= 4 is 5.69 Å². The number of ether oxygens (including phenoxy) is 2. The fraction of sp³-hybridized carbons (Fsp3) is 0.625. The molecule has 2 aliphatic carbocycles. The predicted molar refractivity (Wildman–Crippen MR) is 74.9 cm³/mol. The molecule has 3 atom stereocenters. The van der Waals surface area contributed by atoms with E-state index < -0.39 is 0 Å². The zero-order valence-corrected chi connectivity index (χ0v) is 11.2. The average molecular weight is 259 g/mol. The van der Waals surface area contributed by atoms with E-state index in [0.717, 1.165) is 41.5 Å². The summed E-state index contributed by atoms with van der Waals surface area (Å²) in [5, 5.41) is 3.59. The van der Waals surface area contributed by atoms with E-state index in [1.54, 1.807) is 0 Å². The Morgan fingerprint density at radius 3 is 2.74 bits per heavy atom. The molecule has 2 fully saturated rings. The van der Waals surface area contributed by atoms with E-state index in [2.05, 4.69) is 17.4 Å². The highest BCUT2D eigenvalue weighted by Gasteiger charge is 2.39. The van der Waals surface area contributed by atoms with Crippen LogP contribution >= 0.6 is 0 Å². The molecule has 1 aliphatic heterocycles. The molecule has 3 unspecified atom stereocenters. The lowest BCUT2D eigenvalue weighted by atomic mass is 9.89. The summed E-state index contributed by atoms with van der Waals surface area (Å²) in [5.41, 5.74) is 1.16. The third kappa shape index (κ3) is 2.15. The smallest absolute Gasteiger partial charge is 0.163 e. The van der Waals surface area contributed by atoms with Gasteiger partial charge in [0.1, 0.15) is 13.2 Å². The first-order valence-corrected chi connectivity index (χ1v) is 7.52. The first kappa shape index (κ1) is 11.4. The molecule has 4 rings (SSSR count). The van der Waals surface area contributed by atoms with Gasteiger partial charge in [-0.25, -0.2) is 0 Å². The summed E-state index contributed by atoms with van der Waals surface area (Å²) in [6, 6.07) is 6.18. The van der Waals surface area contributed by atoms with E-state index in [1.807, 2.05) is 6.07 Å². The van der Waals surface area contributed by atoms with Crippen LogP contribution in [0.5, 0.6) is 11.5 Å². The number of hydrogen-bond acceptors (Lipinski definition) is 3. The molecule has 0 radical (unpaired) electrons. The maximum absolute atomic E-state index is 5.62. The van der Waals surface area contributed by atoms with Crippen LogP contribution in [0.2, 0.25) is 0 Å². The van der Waals surface area contributed by atoms with Crippen LogP contribution < -0.4 is 14.8 Å². The van der Waals surface area contributed by atoms with Crippen LogP contribution in [0.4, 0.5) is 5.69 Å². The van der Waals surface area contributed by atoms with Crippen molar-refractivity contribution in [3.05, 3.63) is 18.2 Å². The summed E-state index contributed by atoms with van der Waals surface area (Å²) in [6.07, 6.45) is 5.85. The number of hydrogen-bond donors (Lipinski definition) is 1. The second-order valence-corrected chi connectivity index (χ2v) is 6.17. The van der Waals surface area contributed by atoms with Gasteiger partial charge in [-0.1, -0.05) is 6.42 Å². The average Bonchev–Trinajstić information content (AvgIpc) is 3.07. The molecule has 1 aromatic carbocycles. The van der Waals surface area contributed by atoms with Crippen LogP contribution in [-0.2, 0) is 0 Å². The molecule has 3 heteroatoms. The van der Waals surface area contributed by atoms with Crippen LogP contribution in [0.3, 0.4) is 0 Å². The number of benzene rings is 1. The van der Waals surface area contributed by atoms with Gasteiger partial charge < -0.3 is 14.8 Å². The van der Waals surface area contributed by atoms with Gasteiger partial charge in [0.25, 0.3) is 0 Å².